The third kappa shape index (κ3) is 8.42. The van der Waals surface area contributed by atoms with E-state index in [4.69, 9.17) is 28.1 Å². The lowest BCUT2D eigenvalue weighted by molar-refractivity contribution is -0.232. The van der Waals surface area contributed by atoms with E-state index in [1.165, 1.54) is 49.6 Å². The molecule has 0 unspecified atom stereocenters. The number of aliphatic hydroxyl groups is 4. The van der Waals surface area contributed by atoms with Crippen molar-refractivity contribution >= 4 is 31.8 Å². The van der Waals surface area contributed by atoms with Gasteiger partial charge in [0.15, 0.2) is 0 Å². The lowest BCUT2D eigenvalue weighted by atomic mass is 9.89. The van der Waals surface area contributed by atoms with Crippen molar-refractivity contribution in [2.75, 3.05) is 13.7 Å². The summed E-state index contributed by atoms with van der Waals surface area (Å²) >= 11 is 0. The number of rotatable bonds is 14. The molecule has 0 spiro atoms. The second kappa shape index (κ2) is 17.8. The zero-order chi connectivity index (χ0) is 42.7. The molecule has 61 heavy (non-hydrogen) atoms. The van der Waals surface area contributed by atoms with Gasteiger partial charge in [0, 0.05) is 12.1 Å². The summed E-state index contributed by atoms with van der Waals surface area (Å²) in [6.07, 6.45) is -8.12. The fourth-order valence-corrected chi connectivity index (χ4v) is 8.67. The molecule has 1 aliphatic rings. The third-order valence-electron chi connectivity index (χ3n) is 10.5. The van der Waals surface area contributed by atoms with Crippen LogP contribution in [-0.4, -0.2) is 67.0 Å². The summed E-state index contributed by atoms with van der Waals surface area (Å²) < 4.78 is 65.8. The van der Waals surface area contributed by atoms with Crippen LogP contribution in [0, 0.1) is 0 Å². The van der Waals surface area contributed by atoms with Gasteiger partial charge in [0.2, 0.25) is 15.3 Å². The monoisotopic (exact) mass is 846 g/mol. The molecule has 0 saturated carbocycles. The summed E-state index contributed by atoms with van der Waals surface area (Å²) in [5.74, 6) is 0.239. The highest BCUT2D eigenvalue weighted by Crippen LogP contribution is 2.47. The van der Waals surface area contributed by atoms with Crippen LogP contribution < -0.4 is 24.4 Å². The molecule has 8 rings (SSSR count). The molecule has 13 nitrogen and oxygen atoms in total. The van der Waals surface area contributed by atoms with E-state index in [9.17, 15) is 28.8 Å². The van der Waals surface area contributed by atoms with E-state index in [0.29, 0.717) is 11.3 Å². The van der Waals surface area contributed by atoms with Gasteiger partial charge in [0.05, 0.1) is 29.6 Å². The zero-order valence-electron chi connectivity index (χ0n) is 32.8. The third-order valence-corrected chi connectivity index (χ3v) is 12.3. The standard InChI is InChI=1S/C47H42O13S/c1-55-31-17-19-32(20-18-31)61(53,54)39-21-33-34(22-35(39)56-25-28-11-5-2-6-12-28)59-37-23-36(57-26-29-13-7-3-8-14-29)41(47-45(52)44(51)43(50)38(24-48)60-47)46(40(37)42(33)49)58-27-30-15-9-4-10-16-30/h2-23,38,43-45,47-48,50-52H,24-27H2,1H3/t38-,43-,44+,45-,47+/m1/s1. The van der Waals surface area contributed by atoms with Gasteiger partial charge in [0.25, 0.3) is 0 Å². The van der Waals surface area contributed by atoms with Crippen LogP contribution in [0.15, 0.2) is 152 Å². The molecular formula is C47H42O13S. The van der Waals surface area contributed by atoms with Gasteiger partial charge in [-0.05, 0) is 47.0 Å². The van der Waals surface area contributed by atoms with Crippen molar-refractivity contribution < 1.29 is 56.9 Å². The van der Waals surface area contributed by atoms with E-state index < -0.39 is 52.4 Å². The molecule has 0 amide bonds. The van der Waals surface area contributed by atoms with Gasteiger partial charge >= 0.3 is 0 Å². The van der Waals surface area contributed by atoms with Gasteiger partial charge < -0.3 is 48.5 Å². The SMILES string of the molecule is COc1ccc(S(=O)(=O)c2cc3c(=O)c4c(OCc5ccccc5)c([C@@H]5O[C@H](CO)[C@@H](O)[C@H](O)[C@H]5O)c(OCc5ccccc5)cc4oc3cc2OCc2ccccc2)cc1. The van der Waals surface area contributed by atoms with E-state index in [0.717, 1.165) is 11.1 Å². The number of ether oxygens (including phenoxy) is 5. The quantitative estimate of drug-likeness (QED) is 0.0928. The van der Waals surface area contributed by atoms with Crippen LogP contribution in [0.25, 0.3) is 21.9 Å². The molecule has 14 heteroatoms. The minimum absolute atomic E-state index is 0.00321. The van der Waals surface area contributed by atoms with Crippen molar-refractivity contribution in [3.63, 3.8) is 0 Å². The number of benzene rings is 6. The molecule has 2 heterocycles. The Hall–Kier alpha value is -6.26. The zero-order valence-corrected chi connectivity index (χ0v) is 33.6. The van der Waals surface area contributed by atoms with Gasteiger partial charge in [-0.25, -0.2) is 8.42 Å². The van der Waals surface area contributed by atoms with Crippen molar-refractivity contribution in [2.45, 2.75) is 60.1 Å². The predicted octanol–water partition coefficient (Wildman–Crippen LogP) is 6.04. The topological polar surface area (TPSA) is 191 Å². The van der Waals surface area contributed by atoms with Crippen LogP contribution in [0.1, 0.15) is 28.4 Å². The Labute approximate surface area is 350 Å². The second-order valence-electron chi connectivity index (χ2n) is 14.5. The van der Waals surface area contributed by atoms with Crippen molar-refractivity contribution in [1.82, 2.24) is 0 Å². The minimum Gasteiger partial charge on any atom is -0.497 e. The average molecular weight is 847 g/mol. The molecule has 5 atom stereocenters. The van der Waals surface area contributed by atoms with Gasteiger partial charge in [-0.3, -0.25) is 4.79 Å². The van der Waals surface area contributed by atoms with E-state index in [1.807, 2.05) is 66.7 Å². The second-order valence-corrected chi connectivity index (χ2v) is 16.4. The number of fused-ring (bicyclic) bond motifs is 2. The number of methoxy groups -OCH3 is 1. The first-order valence-corrected chi connectivity index (χ1v) is 20.9. The van der Waals surface area contributed by atoms with Gasteiger partial charge in [-0.15, -0.1) is 0 Å². The smallest absolute Gasteiger partial charge is 0.210 e. The lowest BCUT2D eigenvalue weighted by Crippen LogP contribution is -2.55. The molecule has 4 N–H and O–H groups in total. The molecule has 0 bridgehead atoms. The van der Waals surface area contributed by atoms with Crippen molar-refractivity contribution in [1.29, 1.82) is 0 Å². The van der Waals surface area contributed by atoms with Gasteiger partial charge in [-0.2, -0.15) is 0 Å². The van der Waals surface area contributed by atoms with Crippen molar-refractivity contribution in [3.05, 3.63) is 166 Å². The van der Waals surface area contributed by atoms with E-state index in [1.54, 1.807) is 24.3 Å². The average Bonchev–Trinajstić information content (AvgIpc) is 3.29. The number of sulfone groups is 1. The molecule has 6 aromatic carbocycles. The number of hydrogen-bond donors (Lipinski definition) is 4. The molecule has 314 valence electrons. The maximum Gasteiger partial charge on any atom is 0.210 e. The molecular weight excluding hydrogens is 805 g/mol. The summed E-state index contributed by atoms with van der Waals surface area (Å²) in [6, 6.07) is 37.2. The van der Waals surface area contributed by atoms with Crippen LogP contribution in [0.5, 0.6) is 23.0 Å². The first-order valence-electron chi connectivity index (χ1n) is 19.4. The van der Waals surface area contributed by atoms with Crippen LogP contribution >= 0.6 is 0 Å². The van der Waals surface area contributed by atoms with Crippen molar-refractivity contribution in [3.8, 4) is 23.0 Å². The Morgan fingerprint density at radius 1 is 0.639 bits per heavy atom. The number of aliphatic hydroxyl groups excluding tert-OH is 4. The van der Waals surface area contributed by atoms with Gasteiger partial charge in [0.1, 0.15) is 94.8 Å². The highest BCUT2D eigenvalue weighted by molar-refractivity contribution is 7.91. The summed E-state index contributed by atoms with van der Waals surface area (Å²) in [5, 5.41) is 43.1. The first-order chi connectivity index (χ1) is 29.6. The molecule has 1 aliphatic heterocycles. The summed E-state index contributed by atoms with van der Waals surface area (Å²) in [6.45, 7) is -0.838. The highest BCUT2D eigenvalue weighted by Gasteiger charge is 2.46. The fourth-order valence-electron chi connectivity index (χ4n) is 7.26. The summed E-state index contributed by atoms with van der Waals surface area (Å²) in [7, 11) is -2.89. The Morgan fingerprint density at radius 3 is 1.74 bits per heavy atom. The molecule has 1 fully saturated rings. The van der Waals surface area contributed by atoms with Crippen LogP contribution in [0.4, 0.5) is 0 Å². The van der Waals surface area contributed by atoms with E-state index >= 15 is 4.79 Å². The fraction of sp³-hybridized carbons (Fsp3) is 0.213. The van der Waals surface area contributed by atoms with E-state index in [2.05, 4.69) is 0 Å². The van der Waals surface area contributed by atoms with Gasteiger partial charge in [-0.1, -0.05) is 91.0 Å². The Kier molecular flexibility index (Phi) is 12.1. The van der Waals surface area contributed by atoms with E-state index in [-0.39, 0.29) is 74.4 Å². The Balaban J connectivity index is 1.38. The summed E-state index contributed by atoms with van der Waals surface area (Å²) in [5.41, 5.74) is 1.45. The minimum atomic E-state index is -4.35. The summed E-state index contributed by atoms with van der Waals surface area (Å²) in [4.78, 5) is 14.7. The molecule has 1 saturated heterocycles. The normalized spacial score (nSPS) is 19.1. The molecule has 0 aliphatic carbocycles. The Bertz CT molecular complexity index is 2800. The molecule has 7 aromatic rings. The van der Waals surface area contributed by atoms with Crippen LogP contribution in [0.3, 0.4) is 0 Å². The van der Waals surface area contributed by atoms with Crippen LogP contribution in [-0.2, 0) is 34.4 Å². The predicted molar refractivity (Wildman–Crippen MR) is 223 cm³/mol. The maximum absolute atomic E-state index is 15.1. The number of hydrogen-bond acceptors (Lipinski definition) is 13. The maximum atomic E-state index is 15.1. The Morgan fingerprint density at radius 2 is 1.18 bits per heavy atom. The lowest BCUT2D eigenvalue weighted by Gasteiger charge is -2.41. The largest absolute Gasteiger partial charge is 0.497 e. The molecule has 0 radical (unpaired) electrons. The first kappa shape index (κ1) is 41.5. The van der Waals surface area contributed by atoms with Crippen molar-refractivity contribution in [2.24, 2.45) is 0 Å². The highest BCUT2D eigenvalue weighted by atomic mass is 32.2. The van der Waals surface area contributed by atoms with Crippen LogP contribution in [0.2, 0.25) is 0 Å². The molecule has 1 aromatic heterocycles.